The van der Waals surface area contributed by atoms with Gasteiger partial charge in [-0.15, -0.1) is 0 Å². The second kappa shape index (κ2) is 8.33. The second-order valence-electron chi connectivity index (χ2n) is 6.04. The molecular weight excluding hydrogens is 334 g/mol. The van der Waals surface area contributed by atoms with Crippen LogP contribution in [0.1, 0.15) is 40.2 Å². The van der Waals surface area contributed by atoms with Gasteiger partial charge in [-0.1, -0.05) is 0 Å². The zero-order chi connectivity index (χ0) is 18.4. The summed E-state index contributed by atoms with van der Waals surface area (Å²) in [5.74, 6) is -0.187. The molecule has 1 aromatic heterocycles. The number of furan rings is 1. The molecule has 1 saturated heterocycles. The van der Waals surface area contributed by atoms with E-state index >= 15 is 0 Å². The third kappa shape index (κ3) is 4.30. The molecule has 1 aromatic carbocycles. The highest BCUT2D eigenvalue weighted by Crippen LogP contribution is 2.21. The highest BCUT2D eigenvalue weighted by atomic mass is 16.3. The monoisotopic (exact) mass is 355 g/mol. The van der Waals surface area contributed by atoms with Gasteiger partial charge < -0.3 is 20.0 Å². The Balaban J connectivity index is 1.46. The highest BCUT2D eigenvalue weighted by molar-refractivity contribution is 5.97. The minimum atomic E-state index is -0.320. The molecule has 0 atom stereocenters. The molecule has 3 rings (SSSR count). The van der Waals surface area contributed by atoms with E-state index in [0.29, 0.717) is 25.1 Å². The van der Waals surface area contributed by atoms with Crippen LogP contribution in [0, 0.1) is 0 Å². The van der Waals surface area contributed by atoms with E-state index < -0.39 is 0 Å². The number of nitrogens with zero attached hydrogens (tertiary/aromatic N) is 1. The molecule has 1 fully saturated rings. The van der Waals surface area contributed by atoms with Gasteiger partial charge in [0, 0.05) is 37.3 Å². The van der Waals surface area contributed by atoms with Gasteiger partial charge in [-0.05, 0) is 49.2 Å². The maximum Gasteiger partial charge on any atom is 0.287 e. The molecule has 0 aliphatic carbocycles. The molecule has 2 aromatic rings. The molecule has 7 heteroatoms. The molecule has 0 bridgehead atoms. The number of hydrogen-bond donors (Lipinski definition) is 2. The number of hydrogen-bond acceptors (Lipinski definition) is 4. The van der Waals surface area contributed by atoms with E-state index in [1.165, 1.54) is 6.26 Å². The standard InChI is InChI=1S/C19H21N3O4/c23-17-5-1-2-12-22(17)15-8-6-14(7-9-15)18(24)20-10-11-21-19(25)16-4-3-13-26-16/h3-4,6-9,13H,1-2,5,10-12H2,(H,20,24)(H,21,25). The molecule has 3 amide bonds. The summed E-state index contributed by atoms with van der Waals surface area (Å²) in [6.45, 7) is 1.32. The molecule has 2 N–H and O–H groups in total. The van der Waals surface area contributed by atoms with Crippen LogP contribution in [0.2, 0.25) is 0 Å². The number of benzene rings is 1. The zero-order valence-corrected chi connectivity index (χ0v) is 14.4. The van der Waals surface area contributed by atoms with Crippen LogP contribution in [0.5, 0.6) is 0 Å². The minimum absolute atomic E-state index is 0.126. The first-order valence-corrected chi connectivity index (χ1v) is 8.65. The fourth-order valence-corrected chi connectivity index (χ4v) is 2.82. The molecule has 7 nitrogen and oxygen atoms in total. The summed E-state index contributed by atoms with van der Waals surface area (Å²) < 4.78 is 4.98. The zero-order valence-electron chi connectivity index (χ0n) is 14.4. The third-order valence-corrected chi connectivity index (χ3v) is 4.21. The van der Waals surface area contributed by atoms with E-state index in [2.05, 4.69) is 10.6 Å². The summed E-state index contributed by atoms with van der Waals surface area (Å²) in [6, 6.07) is 10.2. The van der Waals surface area contributed by atoms with Gasteiger partial charge in [-0.2, -0.15) is 0 Å². The molecule has 26 heavy (non-hydrogen) atoms. The number of rotatable bonds is 6. The Morgan fingerprint density at radius 3 is 2.38 bits per heavy atom. The van der Waals surface area contributed by atoms with Crippen molar-refractivity contribution in [1.82, 2.24) is 10.6 Å². The van der Waals surface area contributed by atoms with Crippen molar-refractivity contribution in [1.29, 1.82) is 0 Å². The molecule has 0 saturated carbocycles. The number of carbonyl (C=O) groups excluding carboxylic acids is 3. The van der Waals surface area contributed by atoms with Crippen molar-refractivity contribution in [3.63, 3.8) is 0 Å². The van der Waals surface area contributed by atoms with E-state index in [1.54, 1.807) is 41.3 Å². The van der Waals surface area contributed by atoms with E-state index in [0.717, 1.165) is 25.1 Å². The normalized spacial score (nSPS) is 14.2. The maximum absolute atomic E-state index is 12.1. The van der Waals surface area contributed by atoms with Gasteiger partial charge in [0.25, 0.3) is 11.8 Å². The van der Waals surface area contributed by atoms with Crippen LogP contribution < -0.4 is 15.5 Å². The second-order valence-corrected chi connectivity index (χ2v) is 6.04. The fraction of sp³-hybridized carbons (Fsp3) is 0.316. The van der Waals surface area contributed by atoms with Crippen molar-refractivity contribution >= 4 is 23.4 Å². The Morgan fingerprint density at radius 1 is 1.00 bits per heavy atom. The summed E-state index contributed by atoms with van der Waals surface area (Å²) in [7, 11) is 0. The molecule has 1 aliphatic heterocycles. The van der Waals surface area contributed by atoms with Crippen molar-refractivity contribution in [2.24, 2.45) is 0 Å². The lowest BCUT2D eigenvalue weighted by Crippen LogP contribution is -2.35. The Labute approximate surface area is 151 Å². The number of piperidine rings is 1. The maximum atomic E-state index is 12.1. The molecule has 1 aliphatic rings. The molecule has 0 radical (unpaired) electrons. The van der Waals surface area contributed by atoms with Crippen molar-refractivity contribution < 1.29 is 18.8 Å². The topological polar surface area (TPSA) is 91.7 Å². The lowest BCUT2D eigenvalue weighted by atomic mass is 10.1. The molecule has 2 heterocycles. The fourth-order valence-electron chi connectivity index (χ4n) is 2.82. The highest BCUT2D eigenvalue weighted by Gasteiger charge is 2.19. The number of amides is 3. The summed E-state index contributed by atoms with van der Waals surface area (Å²) in [5, 5.41) is 5.40. The first-order chi connectivity index (χ1) is 12.6. The van der Waals surface area contributed by atoms with Crippen molar-refractivity contribution in [2.45, 2.75) is 19.3 Å². The van der Waals surface area contributed by atoms with Crippen molar-refractivity contribution in [3.05, 3.63) is 54.0 Å². The van der Waals surface area contributed by atoms with Gasteiger partial charge in [0.05, 0.1) is 6.26 Å². The van der Waals surface area contributed by atoms with Crippen molar-refractivity contribution in [2.75, 3.05) is 24.5 Å². The minimum Gasteiger partial charge on any atom is -0.459 e. The lowest BCUT2D eigenvalue weighted by Gasteiger charge is -2.26. The molecule has 136 valence electrons. The van der Waals surface area contributed by atoms with E-state index in [4.69, 9.17) is 4.42 Å². The molecule has 0 unspecified atom stereocenters. The summed E-state index contributed by atoms with van der Waals surface area (Å²) in [5.41, 5.74) is 1.33. The van der Waals surface area contributed by atoms with Crippen LogP contribution in [-0.2, 0) is 4.79 Å². The first kappa shape index (κ1) is 17.7. The van der Waals surface area contributed by atoms with Gasteiger partial charge >= 0.3 is 0 Å². The Hall–Kier alpha value is -3.09. The first-order valence-electron chi connectivity index (χ1n) is 8.65. The summed E-state index contributed by atoms with van der Waals surface area (Å²) >= 11 is 0. The average Bonchev–Trinajstić information content (AvgIpc) is 3.20. The molecular formula is C19H21N3O4. The average molecular weight is 355 g/mol. The van der Waals surface area contributed by atoms with Gasteiger partial charge in [-0.25, -0.2) is 0 Å². The van der Waals surface area contributed by atoms with Crippen LogP contribution in [0.4, 0.5) is 5.69 Å². The van der Waals surface area contributed by atoms with Gasteiger partial charge in [0.2, 0.25) is 5.91 Å². The lowest BCUT2D eigenvalue weighted by molar-refractivity contribution is -0.119. The van der Waals surface area contributed by atoms with Crippen LogP contribution in [0.25, 0.3) is 0 Å². The Morgan fingerprint density at radius 2 is 1.73 bits per heavy atom. The van der Waals surface area contributed by atoms with Gasteiger partial charge in [-0.3, -0.25) is 14.4 Å². The quantitative estimate of drug-likeness (QED) is 0.775. The van der Waals surface area contributed by atoms with E-state index in [-0.39, 0.29) is 23.5 Å². The number of carbonyl (C=O) groups is 3. The van der Waals surface area contributed by atoms with Crippen LogP contribution in [0.3, 0.4) is 0 Å². The van der Waals surface area contributed by atoms with E-state index in [1.807, 2.05) is 0 Å². The number of nitrogens with one attached hydrogen (secondary N) is 2. The number of anilines is 1. The summed E-state index contributed by atoms with van der Waals surface area (Å²) in [4.78, 5) is 37.5. The van der Waals surface area contributed by atoms with Crippen LogP contribution in [-0.4, -0.2) is 37.4 Å². The predicted molar refractivity (Wildman–Crippen MR) is 96.0 cm³/mol. The van der Waals surface area contributed by atoms with Crippen LogP contribution >= 0.6 is 0 Å². The Kier molecular flexibility index (Phi) is 5.68. The van der Waals surface area contributed by atoms with Gasteiger partial charge in [0.1, 0.15) is 0 Å². The van der Waals surface area contributed by atoms with Gasteiger partial charge in [0.15, 0.2) is 5.76 Å². The Bertz CT molecular complexity index is 769. The third-order valence-electron chi connectivity index (χ3n) is 4.21. The smallest absolute Gasteiger partial charge is 0.287 e. The van der Waals surface area contributed by atoms with Crippen LogP contribution in [0.15, 0.2) is 47.1 Å². The SMILES string of the molecule is O=C(NCCNC(=O)c1ccco1)c1ccc(N2CCCCC2=O)cc1. The largest absolute Gasteiger partial charge is 0.459 e. The molecule has 0 spiro atoms. The van der Waals surface area contributed by atoms with Crippen molar-refractivity contribution in [3.8, 4) is 0 Å². The predicted octanol–water partition coefficient (Wildman–Crippen LogP) is 1.96. The summed E-state index contributed by atoms with van der Waals surface area (Å²) in [6.07, 6.45) is 3.94. The van der Waals surface area contributed by atoms with E-state index in [9.17, 15) is 14.4 Å².